The summed E-state index contributed by atoms with van der Waals surface area (Å²) in [7, 11) is 0. The van der Waals surface area contributed by atoms with Crippen LogP contribution in [-0.4, -0.2) is 5.78 Å². The molecule has 0 amide bonds. The van der Waals surface area contributed by atoms with Crippen molar-refractivity contribution < 1.29 is 4.79 Å². The fourth-order valence-corrected chi connectivity index (χ4v) is 1.51. The molecule has 0 spiro atoms. The summed E-state index contributed by atoms with van der Waals surface area (Å²) >= 11 is 0. The minimum absolute atomic E-state index is 0.213. The van der Waals surface area contributed by atoms with Gasteiger partial charge in [0.1, 0.15) is 0 Å². The molecule has 0 saturated heterocycles. The number of hydrogen-bond donors (Lipinski definition) is 0. The van der Waals surface area contributed by atoms with E-state index in [4.69, 9.17) is 0 Å². The summed E-state index contributed by atoms with van der Waals surface area (Å²) in [6.45, 7) is 5.46. The van der Waals surface area contributed by atoms with Crippen LogP contribution in [0.5, 0.6) is 0 Å². The Bertz CT molecular complexity index is 164. The molecule has 0 atom stereocenters. The lowest BCUT2D eigenvalue weighted by Gasteiger charge is -2.19. The largest absolute Gasteiger partial charge is 0.294 e. The Kier molecular flexibility index (Phi) is 2.86. The first-order chi connectivity index (χ1) is 5.22. The lowest BCUT2D eigenvalue weighted by molar-refractivity contribution is -0.114. The van der Waals surface area contributed by atoms with E-state index in [1.807, 2.05) is 0 Å². The predicted octanol–water partition coefficient (Wildman–Crippen LogP) is 2.67. The molecule has 1 aliphatic carbocycles. The molecule has 0 aromatic rings. The second kappa shape index (κ2) is 3.70. The number of rotatable bonds is 2. The van der Waals surface area contributed by atoms with Crippen LogP contribution in [0.1, 0.15) is 39.0 Å². The molecule has 0 N–H and O–H groups in total. The summed E-state index contributed by atoms with van der Waals surface area (Å²) < 4.78 is 0. The highest BCUT2D eigenvalue weighted by Crippen LogP contribution is 2.27. The van der Waals surface area contributed by atoms with Crippen LogP contribution >= 0.6 is 0 Å². The van der Waals surface area contributed by atoms with Gasteiger partial charge in [-0.15, -0.1) is 0 Å². The highest BCUT2D eigenvalue weighted by Gasteiger charge is 2.21. The molecular formula is C10H15O. The van der Waals surface area contributed by atoms with E-state index >= 15 is 0 Å². The van der Waals surface area contributed by atoms with Crippen LogP contribution in [0, 0.1) is 5.92 Å². The molecule has 0 heterocycles. The van der Waals surface area contributed by atoms with E-state index in [1.165, 1.54) is 19.3 Å². The van der Waals surface area contributed by atoms with Crippen molar-refractivity contribution in [3.8, 4) is 0 Å². The fraction of sp³-hybridized carbons (Fsp3) is 0.600. The number of hydrogen-bond acceptors (Lipinski definition) is 1. The van der Waals surface area contributed by atoms with E-state index in [0.717, 1.165) is 18.8 Å². The molecule has 0 aromatic heterocycles. The molecule has 61 valence electrons. The zero-order valence-electron chi connectivity index (χ0n) is 7.15. The molecule has 1 heteroatoms. The quantitative estimate of drug-likeness (QED) is 0.554. The number of carbonyl (C=O) groups is 1. The maximum Gasteiger partial charge on any atom is 0.165 e. The van der Waals surface area contributed by atoms with Gasteiger partial charge in [-0.2, -0.15) is 0 Å². The van der Waals surface area contributed by atoms with E-state index in [2.05, 4.69) is 6.58 Å². The highest BCUT2D eigenvalue weighted by molar-refractivity contribution is 6.04. The lowest BCUT2D eigenvalue weighted by Crippen LogP contribution is -2.15. The Morgan fingerprint density at radius 1 is 1.27 bits per heavy atom. The first-order valence-corrected chi connectivity index (χ1v) is 4.26. The van der Waals surface area contributed by atoms with Crippen LogP contribution in [0.2, 0.25) is 0 Å². The first kappa shape index (κ1) is 8.51. The minimum atomic E-state index is 0.213. The van der Waals surface area contributed by atoms with Gasteiger partial charge in [0.15, 0.2) is 5.78 Å². The molecular weight excluding hydrogens is 136 g/mol. The summed E-state index contributed by atoms with van der Waals surface area (Å²) in [5, 5.41) is 0. The summed E-state index contributed by atoms with van der Waals surface area (Å²) in [5.74, 6) is 1.31. The van der Waals surface area contributed by atoms with Gasteiger partial charge in [-0.1, -0.05) is 25.8 Å². The Balaban J connectivity index is 2.45. The number of Topliss-reactive ketones (excluding diaryl/α,β-unsaturated/α-hetero) is 1. The molecule has 1 saturated carbocycles. The van der Waals surface area contributed by atoms with Crippen LogP contribution < -0.4 is 0 Å². The molecule has 0 aromatic carbocycles. The smallest absolute Gasteiger partial charge is 0.165 e. The molecule has 0 aliphatic heterocycles. The van der Waals surface area contributed by atoms with Gasteiger partial charge < -0.3 is 0 Å². The van der Waals surface area contributed by atoms with E-state index < -0.39 is 0 Å². The standard InChI is InChI=1S/C10H15O/c1-8(2)10(11)9-6-4-3-5-7-9/h1,3-7H2,2H3. The molecule has 1 fully saturated rings. The molecule has 1 rings (SSSR count). The summed E-state index contributed by atoms with van der Waals surface area (Å²) in [6.07, 6.45) is 5.67. The van der Waals surface area contributed by atoms with E-state index in [1.54, 1.807) is 6.92 Å². The Labute approximate surface area is 68.5 Å². The van der Waals surface area contributed by atoms with Crippen LogP contribution in [0.25, 0.3) is 0 Å². The maximum atomic E-state index is 11.4. The van der Waals surface area contributed by atoms with E-state index in [9.17, 15) is 4.79 Å². The lowest BCUT2D eigenvalue weighted by atomic mass is 9.84. The van der Waals surface area contributed by atoms with Gasteiger partial charge in [0, 0.05) is 5.92 Å². The zero-order valence-corrected chi connectivity index (χ0v) is 7.15. The van der Waals surface area contributed by atoms with Gasteiger partial charge in [0.25, 0.3) is 0 Å². The number of ketones is 1. The summed E-state index contributed by atoms with van der Waals surface area (Å²) in [4.78, 5) is 11.4. The molecule has 11 heavy (non-hydrogen) atoms. The van der Waals surface area contributed by atoms with Gasteiger partial charge in [-0.05, 0) is 25.3 Å². The zero-order chi connectivity index (χ0) is 8.27. The summed E-state index contributed by atoms with van der Waals surface area (Å²) in [6, 6.07) is 0. The van der Waals surface area contributed by atoms with Crippen molar-refractivity contribution in [1.29, 1.82) is 0 Å². The highest BCUT2D eigenvalue weighted by atomic mass is 16.1. The number of carbonyl (C=O) groups excluding carboxylic acids is 1. The van der Waals surface area contributed by atoms with Crippen molar-refractivity contribution in [2.45, 2.75) is 39.0 Å². The van der Waals surface area contributed by atoms with Gasteiger partial charge in [-0.3, -0.25) is 4.79 Å². The predicted molar refractivity (Wildman–Crippen MR) is 46.1 cm³/mol. The second-order valence-corrected chi connectivity index (χ2v) is 3.27. The Hall–Kier alpha value is -0.590. The van der Waals surface area contributed by atoms with Crippen molar-refractivity contribution in [1.82, 2.24) is 0 Å². The Morgan fingerprint density at radius 3 is 2.27 bits per heavy atom. The van der Waals surface area contributed by atoms with Gasteiger partial charge in [0.2, 0.25) is 0 Å². The molecule has 1 radical (unpaired) electrons. The van der Waals surface area contributed by atoms with E-state index in [-0.39, 0.29) is 5.78 Å². The normalized spacial score (nSPS) is 19.7. The van der Waals surface area contributed by atoms with Crippen LogP contribution in [0.15, 0.2) is 12.2 Å². The van der Waals surface area contributed by atoms with Gasteiger partial charge in [-0.25, -0.2) is 0 Å². The third kappa shape index (κ3) is 2.18. The topological polar surface area (TPSA) is 17.1 Å². The van der Waals surface area contributed by atoms with Crippen molar-refractivity contribution in [3.05, 3.63) is 18.1 Å². The van der Waals surface area contributed by atoms with Crippen LogP contribution in [0.3, 0.4) is 0 Å². The van der Waals surface area contributed by atoms with Crippen LogP contribution in [0.4, 0.5) is 0 Å². The number of allylic oxidation sites excluding steroid dienone is 1. The average molecular weight is 151 g/mol. The Morgan fingerprint density at radius 2 is 1.82 bits per heavy atom. The first-order valence-electron chi connectivity index (χ1n) is 4.26. The maximum absolute atomic E-state index is 11.4. The molecule has 0 unspecified atom stereocenters. The van der Waals surface area contributed by atoms with Crippen molar-refractivity contribution >= 4 is 5.78 Å². The third-order valence-corrected chi connectivity index (χ3v) is 2.17. The third-order valence-electron chi connectivity index (χ3n) is 2.17. The molecule has 1 aliphatic rings. The average Bonchev–Trinajstić information content (AvgIpc) is 2.05. The molecule has 1 nitrogen and oxygen atoms in total. The summed E-state index contributed by atoms with van der Waals surface area (Å²) in [5.41, 5.74) is 0.696. The van der Waals surface area contributed by atoms with Crippen LogP contribution in [-0.2, 0) is 4.79 Å². The minimum Gasteiger partial charge on any atom is -0.294 e. The van der Waals surface area contributed by atoms with Gasteiger partial charge >= 0.3 is 0 Å². The van der Waals surface area contributed by atoms with Crippen molar-refractivity contribution in [2.24, 2.45) is 0 Å². The molecule has 0 bridgehead atoms. The SMILES string of the molecule is C=C(C)C(=O)[C]1CCCCC1. The van der Waals surface area contributed by atoms with Crippen molar-refractivity contribution in [2.75, 3.05) is 0 Å². The van der Waals surface area contributed by atoms with Gasteiger partial charge in [0.05, 0.1) is 0 Å². The second-order valence-electron chi connectivity index (χ2n) is 3.27. The fourth-order valence-electron chi connectivity index (χ4n) is 1.51. The van der Waals surface area contributed by atoms with Crippen molar-refractivity contribution in [3.63, 3.8) is 0 Å². The van der Waals surface area contributed by atoms with E-state index in [0.29, 0.717) is 5.57 Å². The monoisotopic (exact) mass is 151 g/mol.